The van der Waals surface area contributed by atoms with Crippen LogP contribution < -0.4 is 5.32 Å². The van der Waals surface area contributed by atoms with Crippen LogP contribution in [0.4, 0.5) is 5.69 Å². The minimum atomic E-state index is 0.698. The lowest BCUT2D eigenvalue weighted by molar-refractivity contribution is 1.43. The zero-order valence-electron chi connectivity index (χ0n) is 5.84. The smallest absolute Gasteiger partial charge is 0.101 e. The van der Waals surface area contributed by atoms with Crippen molar-refractivity contribution in [2.75, 3.05) is 9.87 Å². The number of nitrogens with zero attached hydrogens (tertiary/aromatic N) is 1. The topological polar surface area (TPSA) is 35.8 Å². The number of hydrogen-bond acceptors (Lipinski definition) is 2. The summed E-state index contributed by atoms with van der Waals surface area (Å²) < 4.78 is 0.816. The van der Waals surface area contributed by atoms with E-state index in [1.807, 2.05) is 18.2 Å². The molecule has 1 aromatic rings. The minimum absolute atomic E-state index is 0.698. The molecule has 2 nitrogen and oxygen atoms in total. The number of hydrogen-bond donors (Lipinski definition) is 1. The maximum atomic E-state index is 8.65. The van der Waals surface area contributed by atoms with Gasteiger partial charge in [-0.1, -0.05) is 34.7 Å². The Morgan fingerprint density at radius 3 is 2.82 bits per heavy atom. The number of nitriles is 1. The van der Waals surface area contributed by atoms with Crippen LogP contribution in [0.2, 0.25) is 0 Å². The third-order valence-corrected chi connectivity index (χ3v) is 1.69. The number of benzene rings is 1. The summed E-state index contributed by atoms with van der Waals surface area (Å²) in [5.74, 6) is 0. The van der Waals surface area contributed by atoms with E-state index in [1.54, 1.807) is 6.07 Å². The van der Waals surface area contributed by atoms with Crippen molar-refractivity contribution in [3.05, 3.63) is 29.8 Å². The second-order valence-corrected chi connectivity index (χ2v) is 2.73. The van der Waals surface area contributed by atoms with Crippen LogP contribution in [0, 0.1) is 11.3 Å². The highest BCUT2D eigenvalue weighted by atomic mass is 127. The third-order valence-electron chi connectivity index (χ3n) is 1.30. The SMILES string of the molecule is N#Cc1ccccc1NCI. The van der Waals surface area contributed by atoms with Gasteiger partial charge in [0.25, 0.3) is 0 Å². The van der Waals surface area contributed by atoms with Crippen molar-refractivity contribution in [2.45, 2.75) is 0 Å². The summed E-state index contributed by atoms with van der Waals surface area (Å²) in [5, 5.41) is 11.7. The first-order valence-corrected chi connectivity index (χ1v) is 4.70. The van der Waals surface area contributed by atoms with Crippen molar-refractivity contribution >= 4 is 28.3 Å². The van der Waals surface area contributed by atoms with E-state index >= 15 is 0 Å². The Balaban J connectivity index is 2.95. The molecule has 0 aliphatic heterocycles. The zero-order valence-corrected chi connectivity index (χ0v) is 8.00. The van der Waals surface area contributed by atoms with Gasteiger partial charge in [-0.25, -0.2) is 0 Å². The Bertz CT molecular complexity index is 278. The summed E-state index contributed by atoms with van der Waals surface area (Å²) >= 11 is 2.20. The molecule has 0 aliphatic rings. The standard InChI is InChI=1S/C8H7IN2/c9-6-11-8-4-2-1-3-7(8)5-10/h1-4,11H,6H2. The Labute approximate surface area is 79.4 Å². The average molecular weight is 258 g/mol. The van der Waals surface area contributed by atoms with Crippen molar-refractivity contribution in [1.82, 2.24) is 0 Å². The molecule has 0 unspecified atom stereocenters. The van der Waals surface area contributed by atoms with Gasteiger partial charge in [0.2, 0.25) is 0 Å². The second-order valence-electron chi connectivity index (χ2n) is 1.97. The number of para-hydroxylation sites is 1. The summed E-state index contributed by atoms with van der Waals surface area (Å²) in [6.07, 6.45) is 0. The van der Waals surface area contributed by atoms with Gasteiger partial charge in [-0.05, 0) is 12.1 Å². The summed E-state index contributed by atoms with van der Waals surface area (Å²) in [5.41, 5.74) is 1.61. The highest BCUT2D eigenvalue weighted by Gasteiger charge is 1.96. The molecule has 0 fully saturated rings. The fourth-order valence-electron chi connectivity index (χ4n) is 0.807. The molecule has 0 atom stereocenters. The van der Waals surface area contributed by atoms with Crippen LogP contribution in [0.25, 0.3) is 0 Å². The van der Waals surface area contributed by atoms with Crippen LogP contribution in [-0.2, 0) is 0 Å². The molecule has 1 N–H and O–H groups in total. The highest BCUT2D eigenvalue weighted by molar-refractivity contribution is 14.1. The summed E-state index contributed by atoms with van der Waals surface area (Å²) in [4.78, 5) is 0. The van der Waals surface area contributed by atoms with E-state index in [2.05, 4.69) is 34.0 Å². The summed E-state index contributed by atoms with van der Waals surface area (Å²) in [6.45, 7) is 0. The van der Waals surface area contributed by atoms with E-state index in [9.17, 15) is 0 Å². The molecule has 0 saturated carbocycles. The Morgan fingerprint density at radius 1 is 1.45 bits per heavy atom. The molecule has 0 aromatic heterocycles. The number of alkyl halides is 1. The molecule has 0 amide bonds. The zero-order chi connectivity index (χ0) is 8.10. The lowest BCUT2D eigenvalue weighted by Crippen LogP contribution is -1.95. The largest absolute Gasteiger partial charge is 0.375 e. The lowest BCUT2D eigenvalue weighted by Gasteiger charge is -2.02. The number of halogens is 1. The van der Waals surface area contributed by atoms with Crippen molar-refractivity contribution in [1.29, 1.82) is 5.26 Å². The van der Waals surface area contributed by atoms with Gasteiger partial charge >= 0.3 is 0 Å². The molecule has 0 bridgehead atoms. The highest BCUT2D eigenvalue weighted by Crippen LogP contribution is 2.13. The van der Waals surface area contributed by atoms with Gasteiger partial charge in [-0.2, -0.15) is 5.26 Å². The van der Waals surface area contributed by atoms with Crippen LogP contribution in [0.3, 0.4) is 0 Å². The van der Waals surface area contributed by atoms with Crippen molar-refractivity contribution in [2.24, 2.45) is 0 Å². The normalized spacial score (nSPS) is 8.73. The number of rotatable bonds is 2. The van der Waals surface area contributed by atoms with Crippen molar-refractivity contribution in [3.8, 4) is 6.07 Å². The molecule has 0 radical (unpaired) electrons. The van der Waals surface area contributed by atoms with Gasteiger partial charge in [0, 0.05) is 0 Å². The fourth-order valence-corrected chi connectivity index (χ4v) is 1.22. The van der Waals surface area contributed by atoms with Crippen LogP contribution in [0.15, 0.2) is 24.3 Å². The summed E-state index contributed by atoms with van der Waals surface area (Å²) in [6, 6.07) is 9.59. The predicted octanol–water partition coefficient (Wildman–Crippen LogP) is 2.36. The van der Waals surface area contributed by atoms with E-state index in [-0.39, 0.29) is 0 Å². The van der Waals surface area contributed by atoms with Crippen molar-refractivity contribution < 1.29 is 0 Å². The van der Waals surface area contributed by atoms with Crippen LogP contribution in [0.1, 0.15) is 5.56 Å². The lowest BCUT2D eigenvalue weighted by atomic mass is 10.2. The summed E-state index contributed by atoms with van der Waals surface area (Å²) in [7, 11) is 0. The Morgan fingerprint density at radius 2 is 2.18 bits per heavy atom. The average Bonchev–Trinajstić information content (AvgIpc) is 2.06. The van der Waals surface area contributed by atoms with Gasteiger partial charge in [0.05, 0.1) is 15.8 Å². The molecule has 56 valence electrons. The molecule has 1 aromatic carbocycles. The van der Waals surface area contributed by atoms with E-state index in [4.69, 9.17) is 5.26 Å². The molecule has 0 saturated heterocycles. The maximum Gasteiger partial charge on any atom is 0.101 e. The van der Waals surface area contributed by atoms with Crippen LogP contribution in [0.5, 0.6) is 0 Å². The van der Waals surface area contributed by atoms with Crippen LogP contribution in [-0.4, -0.2) is 4.55 Å². The van der Waals surface area contributed by atoms with Crippen molar-refractivity contribution in [3.63, 3.8) is 0 Å². The first-order chi connectivity index (χ1) is 5.38. The van der Waals surface area contributed by atoms with E-state index < -0.39 is 0 Å². The fraction of sp³-hybridized carbons (Fsp3) is 0.125. The second kappa shape index (κ2) is 4.19. The molecule has 3 heteroatoms. The minimum Gasteiger partial charge on any atom is -0.375 e. The Hall–Kier alpha value is -0.760. The molecule has 1 rings (SSSR count). The van der Waals surface area contributed by atoms with Crippen LogP contribution >= 0.6 is 22.6 Å². The maximum absolute atomic E-state index is 8.65. The Kier molecular flexibility index (Phi) is 3.17. The van der Waals surface area contributed by atoms with Gasteiger partial charge in [0.1, 0.15) is 6.07 Å². The monoisotopic (exact) mass is 258 g/mol. The quantitative estimate of drug-likeness (QED) is 0.502. The number of anilines is 1. The molecule has 11 heavy (non-hydrogen) atoms. The molecule has 0 aliphatic carbocycles. The third kappa shape index (κ3) is 2.09. The molecular formula is C8H7IN2. The molecular weight excluding hydrogens is 251 g/mol. The van der Waals surface area contributed by atoms with Gasteiger partial charge < -0.3 is 5.32 Å². The predicted molar refractivity (Wildman–Crippen MR) is 53.7 cm³/mol. The first-order valence-electron chi connectivity index (χ1n) is 3.17. The number of nitrogens with one attached hydrogen (secondary N) is 1. The van der Waals surface area contributed by atoms with Gasteiger partial charge in [-0.3, -0.25) is 0 Å². The van der Waals surface area contributed by atoms with E-state index in [0.717, 1.165) is 10.2 Å². The molecule has 0 spiro atoms. The van der Waals surface area contributed by atoms with E-state index in [1.165, 1.54) is 0 Å². The van der Waals surface area contributed by atoms with E-state index in [0.29, 0.717) is 5.56 Å². The van der Waals surface area contributed by atoms with Gasteiger partial charge in [-0.15, -0.1) is 0 Å². The van der Waals surface area contributed by atoms with Gasteiger partial charge in [0.15, 0.2) is 0 Å². The first kappa shape index (κ1) is 8.34. The molecule has 0 heterocycles.